The van der Waals surface area contributed by atoms with E-state index in [0.717, 1.165) is 11.1 Å². The fourth-order valence-electron chi connectivity index (χ4n) is 1.86. The van der Waals surface area contributed by atoms with E-state index in [9.17, 15) is 18.4 Å². The van der Waals surface area contributed by atoms with Crippen LogP contribution in [0.25, 0.3) is 0 Å². The molecule has 0 aliphatic rings. The molecule has 4 nitrogen and oxygen atoms in total. The SMILES string of the molecule is CCC(=O)c1cc(F)cc(Br)c1.CON(C)C(=O)c1cc(F)cc(Br)c1.[Br-].[CH2-]C.[Mg+2]. The molecule has 0 N–H and O–H groups in total. The zero-order valence-electron chi connectivity index (χ0n) is 17.1. The van der Waals surface area contributed by atoms with Crippen LogP contribution in [-0.4, -0.2) is 54.0 Å². The number of carbonyl (C=O) groups is 2. The third kappa shape index (κ3) is 12.5. The molecule has 2 rings (SSSR count). The molecule has 0 radical (unpaired) electrons. The summed E-state index contributed by atoms with van der Waals surface area (Å²) in [4.78, 5) is 27.3. The number of hydrogen-bond donors (Lipinski definition) is 0. The minimum Gasteiger partial charge on any atom is -1.00 e. The maximum atomic E-state index is 12.9. The molecule has 10 heteroatoms. The van der Waals surface area contributed by atoms with Gasteiger partial charge in [-0.2, -0.15) is 6.92 Å². The Bertz CT molecular complexity index is 770. The predicted octanol–water partition coefficient (Wildman–Crippen LogP) is 2.87. The van der Waals surface area contributed by atoms with Crippen molar-refractivity contribution in [1.29, 1.82) is 0 Å². The molecule has 0 unspecified atom stereocenters. The van der Waals surface area contributed by atoms with Crippen molar-refractivity contribution in [3.05, 3.63) is 75.0 Å². The first-order valence-electron chi connectivity index (χ1n) is 8.16. The number of rotatable bonds is 4. The predicted molar refractivity (Wildman–Crippen MR) is 119 cm³/mol. The maximum absolute atomic E-state index is 12.9. The van der Waals surface area contributed by atoms with Crippen LogP contribution in [0.4, 0.5) is 8.78 Å². The molecule has 0 saturated heterocycles. The Hall–Kier alpha value is -0.394. The third-order valence-corrected chi connectivity index (χ3v) is 4.09. The van der Waals surface area contributed by atoms with E-state index in [1.165, 1.54) is 38.4 Å². The van der Waals surface area contributed by atoms with Crippen LogP contribution in [0.15, 0.2) is 45.3 Å². The average Bonchev–Trinajstić information content (AvgIpc) is 2.66. The van der Waals surface area contributed by atoms with E-state index >= 15 is 0 Å². The molecule has 0 heterocycles. The fraction of sp³-hybridized carbons (Fsp3) is 0.250. The number of nitrogens with zero attached hydrogens (tertiary/aromatic N) is 1. The van der Waals surface area contributed by atoms with E-state index in [4.69, 9.17) is 4.84 Å². The summed E-state index contributed by atoms with van der Waals surface area (Å²) in [6.07, 6.45) is 0.399. The third-order valence-electron chi connectivity index (χ3n) is 3.18. The minimum absolute atomic E-state index is 0. The van der Waals surface area contributed by atoms with Gasteiger partial charge in [0.1, 0.15) is 11.6 Å². The van der Waals surface area contributed by atoms with Crippen LogP contribution < -0.4 is 17.0 Å². The largest absolute Gasteiger partial charge is 2.00 e. The standard InChI is InChI=1S/C9H9BrFNO2.C9H8BrFO.C2H5.BrH.Mg/c1-12(14-2)9(13)6-3-7(10)5-8(11)4-6;1-2-9(12)6-3-7(10)5-8(11)4-6;1-2;;/h3-5H,1-2H3;3-5H,2H2,1H3;1H2,2H3;1H;/q;;-1;;+2/p-1. The maximum Gasteiger partial charge on any atom is 2.00 e. The Morgan fingerprint density at radius 2 is 1.37 bits per heavy atom. The molecule has 0 bridgehead atoms. The summed E-state index contributed by atoms with van der Waals surface area (Å²) < 4.78 is 26.8. The van der Waals surface area contributed by atoms with E-state index in [1.54, 1.807) is 19.9 Å². The van der Waals surface area contributed by atoms with Gasteiger partial charge in [0.2, 0.25) is 0 Å². The van der Waals surface area contributed by atoms with Crippen molar-refractivity contribution in [2.75, 3.05) is 14.2 Å². The van der Waals surface area contributed by atoms with E-state index in [2.05, 4.69) is 38.8 Å². The number of amides is 1. The van der Waals surface area contributed by atoms with Gasteiger partial charge in [0.25, 0.3) is 5.91 Å². The Kier molecular flexibility index (Phi) is 20.8. The molecule has 0 spiro atoms. The number of Topliss-reactive ketones (excluding diaryl/α,β-unsaturated/α-hetero) is 1. The summed E-state index contributed by atoms with van der Waals surface area (Å²) in [7, 11) is 2.83. The van der Waals surface area contributed by atoms with Crippen LogP contribution in [0.5, 0.6) is 0 Å². The number of hydrogen-bond acceptors (Lipinski definition) is 3. The Morgan fingerprint density at radius 1 is 0.967 bits per heavy atom. The molecule has 162 valence electrons. The summed E-state index contributed by atoms with van der Waals surface area (Å²) in [6, 6.07) is 8.16. The van der Waals surface area contributed by atoms with Gasteiger partial charge in [-0.25, -0.2) is 13.8 Å². The number of ketones is 1. The van der Waals surface area contributed by atoms with E-state index in [0.29, 0.717) is 20.9 Å². The van der Waals surface area contributed by atoms with Crippen molar-refractivity contribution < 1.29 is 40.2 Å². The molecule has 0 aliphatic carbocycles. The minimum atomic E-state index is -0.466. The molecular weight excluding hydrogens is 604 g/mol. The smallest absolute Gasteiger partial charge is 1.00 e. The Morgan fingerprint density at radius 3 is 1.73 bits per heavy atom. The zero-order valence-corrected chi connectivity index (χ0v) is 23.3. The zero-order chi connectivity index (χ0) is 21.9. The first-order valence-corrected chi connectivity index (χ1v) is 9.74. The Labute approximate surface area is 219 Å². The normalized spacial score (nSPS) is 8.83. The van der Waals surface area contributed by atoms with Gasteiger partial charge in [0.05, 0.1) is 7.11 Å². The summed E-state index contributed by atoms with van der Waals surface area (Å²) in [5, 5.41) is 1.03. The summed E-state index contributed by atoms with van der Waals surface area (Å²) in [6.45, 7) is 6.75. The molecular formula is C20H22Br3F2MgNO3. The topological polar surface area (TPSA) is 46.6 Å². The van der Waals surface area contributed by atoms with E-state index in [-0.39, 0.29) is 57.2 Å². The van der Waals surface area contributed by atoms with Crippen LogP contribution in [0.2, 0.25) is 0 Å². The molecule has 0 aromatic heterocycles. The molecule has 1 amide bonds. The number of halogens is 5. The van der Waals surface area contributed by atoms with Crippen molar-refractivity contribution >= 4 is 66.6 Å². The van der Waals surface area contributed by atoms with Gasteiger partial charge in [-0.1, -0.05) is 38.8 Å². The van der Waals surface area contributed by atoms with E-state index < -0.39 is 11.7 Å². The molecule has 0 atom stereocenters. The van der Waals surface area contributed by atoms with Gasteiger partial charge in [-0.15, -0.1) is 0 Å². The Balaban J connectivity index is -0.000000426. The summed E-state index contributed by atoms with van der Waals surface area (Å²) >= 11 is 6.22. The van der Waals surface area contributed by atoms with Gasteiger partial charge in [-0.05, 0) is 36.4 Å². The number of carbonyl (C=O) groups excluding carboxylic acids is 2. The average molecular weight is 626 g/mol. The van der Waals surface area contributed by atoms with E-state index in [1.807, 2.05) is 0 Å². The van der Waals surface area contributed by atoms with Crippen LogP contribution in [0.3, 0.4) is 0 Å². The van der Waals surface area contributed by atoms with Gasteiger partial charge < -0.3 is 23.9 Å². The van der Waals surface area contributed by atoms with Crippen LogP contribution in [-0.2, 0) is 4.84 Å². The summed E-state index contributed by atoms with van der Waals surface area (Å²) in [5.41, 5.74) is 0.658. The quantitative estimate of drug-likeness (QED) is 0.227. The second-order valence-corrected chi connectivity index (χ2v) is 6.91. The van der Waals surface area contributed by atoms with Crippen molar-refractivity contribution in [2.24, 2.45) is 0 Å². The van der Waals surface area contributed by atoms with Crippen molar-refractivity contribution in [3.8, 4) is 0 Å². The second kappa shape index (κ2) is 18.2. The van der Waals surface area contributed by atoms with Gasteiger partial charge in [0.15, 0.2) is 5.78 Å². The van der Waals surface area contributed by atoms with Gasteiger partial charge in [0, 0.05) is 33.5 Å². The molecule has 2 aromatic carbocycles. The first kappa shape index (κ1) is 34.2. The first-order chi connectivity index (χ1) is 13.2. The molecule has 0 aliphatic heterocycles. The van der Waals surface area contributed by atoms with Crippen LogP contribution >= 0.6 is 31.9 Å². The summed E-state index contributed by atoms with van der Waals surface area (Å²) in [5.74, 6) is -1.30. The number of hydroxylamine groups is 2. The van der Waals surface area contributed by atoms with Crippen LogP contribution in [0, 0.1) is 18.6 Å². The molecule has 0 saturated carbocycles. The monoisotopic (exact) mass is 623 g/mol. The molecule has 0 fully saturated rings. The molecule has 30 heavy (non-hydrogen) atoms. The van der Waals surface area contributed by atoms with Crippen LogP contribution in [0.1, 0.15) is 41.0 Å². The van der Waals surface area contributed by atoms with Crippen molar-refractivity contribution in [1.82, 2.24) is 5.06 Å². The fourth-order valence-corrected chi connectivity index (χ4v) is 2.79. The number of benzene rings is 2. The van der Waals surface area contributed by atoms with Gasteiger partial charge >= 0.3 is 23.1 Å². The van der Waals surface area contributed by atoms with Crippen molar-refractivity contribution in [2.45, 2.75) is 20.3 Å². The second-order valence-electron chi connectivity index (χ2n) is 5.08. The van der Waals surface area contributed by atoms with Crippen molar-refractivity contribution in [3.63, 3.8) is 0 Å². The molecule has 2 aromatic rings. The van der Waals surface area contributed by atoms with Gasteiger partial charge in [-0.3, -0.25) is 14.4 Å².